The zero-order valence-electron chi connectivity index (χ0n) is 15.6. The van der Waals surface area contributed by atoms with Crippen LogP contribution in [0.3, 0.4) is 0 Å². The van der Waals surface area contributed by atoms with E-state index in [4.69, 9.17) is 10.5 Å². The number of hydrogen-bond donors (Lipinski definition) is 2. The second kappa shape index (κ2) is 7.95. The van der Waals surface area contributed by atoms with E-state index < -0.39 is 24.3 Å². The third kappa shape index (κ3) is 3.92. The fourth-order valence-electron chi connectivity index (χ4n) is 2.91. The normalized spacial score (nSPS) is 12.6. The summed E-state index contributed by atoms with van der Waals surface area (Å²) in [6.07, 6.45) is 0. The van der Waals surface area contributed by atoms with Gasteiger partial charge in [0, 0.05) is 5.69 Å². The first-order chi connectivity index (χ1) is 14.5. The Balaban J connectivity index is 1.39. The van der Waals surface area contributed by atoms with Crippen LogP contribution in [0.25, 0.3) is 0 Å². The summed E-state index contributed by atoms with van der Waals surface area (Å²) in [7, 11) is 0. The number of carbonyl (C=O) groups is 3. The van der Waals surface area contributed by atoms with Gasteiger partial charge in [-0.05, 0) is 24.3 Å². The van der Waals surface area contributed by atoms with Crippen LogP contribution in [0.4, 0.5) is 17.6 Å². The van der Waals surface area contributed by atoms with E-state index in [-0.39, 0.29) is 35.5 Å². The lowest BCUT2D eigenvalue weighted by molar-refractivity contribution is -0.145. The van der Waals surface area contributed by atoms with E-state index >= 15 is 0 Å². The molecule has 0 fully saturated rings. The van der Waals surface area contributed by atoms with Crippen molar-refractivity contribution in [2.75, 3.05) is 17.6 Å². The van der Waals surface area contributed by atoms with Crippen molar-refractivity contribution in [3.8, 4) is 0 Å². The predicted octanol–water partition coefficient (Wildman–Crippen LogP) is 1.54. The molecule has 0 unspecified atom stereocenters. The lowest BCUT2D eigenvalue weighted by Crippen LogP contribution is -2.35. The number of ether oxygens (including phenoxy) is 1. The Labute approximate surface area is 170 Å². The summed E-state index contributed by atoms with van der Waals surface area (Å²) in [5.74, 6) is -1.58. The Hall–Kier alpha value is -4.34. The molecular weight excluding hydrogens is 388 g/mol. The van der Waals surface area contributed by atoms with Gasteiger partial charge in [-0.15, -0.1) is 0 Å². The number of carbonyl (C=O) groups excluding carboxylic acids is 3. The van der Waals surface area contributed by atoms with Crippen molar-refractivity contribution in [2.45, 2.75) is 6.61 Å². The second-order valence-corrected chi connectivity index (χ2v) is 6.33. The quantitative estimate of drug-likeness (QED) is 0.462. The molecule has 1 aromatic heterocycles. The maximum atomic E-state index is 12.3. The molecule has 0 bridgehead atoms. The number of anilines is 3. The zero-order valence-corrected chi connectivity index (χ0v) is 15.6. The Morgan fingerprint density at radius 3 is 2.23 bits per heavy atom. The summed E-state index contributed by atoms with van der Waals surface area (Å²) in [5.41, 5.74) is 6.97. The Morgan fingerprint density at radius 2 is 1.57 bits per heavy atom. The van der Waals surface area contributed by atoms with Crippen LogP contribution in [-0.4, -0.2) is 44.2 Å². The van der Waals surface area contributed by atoms with Crippen LogP contribution in [0.2, 0.25) is 0 Å². The largest absolute Gasteiger partial charge is 0.456 e. The van der Waals surface area contributed by atoms with E-state index in [1.165, 1.54) is 12.1 Å². The minimum Gasteiger partial charge on any atom is -0.456 e. The Kier molecular flexibility index (Phi) is 5.04. The average Bonchev–Trinajstić information content (AvgIpc) is 2.98. The topological polar surface area (TPSA) is 140 Å². The number of nitrogens with one attached hydrogen (secondary N) is 1. The maximum absolute atomic E-state index is 12.3. The highest BCUT2D eigenvalue weighted by Gasteiger charge is 2.36. The number of nitrogens with two attached hydrogens (primary N) is 1. The maximum Gasteiger partial charge on any atom is 0.326 e. The third-order valence-corrected chi connectivity index (χ3v) is 4.26. The second-order valence-electron chi connectivity index (χ2n) is 6.33. The number of amides is 2. The monoisotopic (exact) mass is 404 g/mol. The molecule has 150 valence electrons. The summed E-state index contributed by atoms with van der Waals surface area (Å²) in [6, 6.07) is 15.6. The van der Waals surface area contributed by atoms with Gasteiger partial charge < -0.3 is 15.8 Å². The van der Waals surface area contributed by atoms with E-state index in [1.807, 2.05) is 30.3 Å². The van der Waals surface area contributed by atoms with Crippen LogP contribution in [0.5, 0.6) is 0 Å². The van der Waals surface area contributed by atoms with Gasteiger partial charge in [0.2, 0.25) is 11.9 Å². The highest BCUT2D eigenvalue weighted by Crippen LogP contribution is 2.22. The number of benzene rings is 2. The smallest absolute Gasteiger partial charge is 0.326 e. The number of hydrogen-bond acceptors (Lipinski definition) is 9. The van der Waals surface area contributed by atoms with Gasteiger partial charge in [0.05, 0.1) is 11.1 Å². The number of esters is 1. The van der Waals surface area contributed by atoms with E-state index in [0.29, 0.717) is 0 Å². The van der Waals surface area contributed by atoms with Crippen molar-refractivity contribution in [1.82, 2.24) is 19.9 Å². The summed E-state index contributed by atoms with van der Waals surface area (Å²) in [6.45, 7) is -0.805. The van der Waals surface area contributed by atoms with Crippen LogP contribution in [0, 0.1) is 0 Å². The van der Waals surface area contributed by atoms with Gasteiger partial charge in [-0.2, -0.15) is 15.0 Å². The van der Waals surface area contributed by atoms with Gasteiger partial charge in [0.25, 0.3) is 11.8 Å². The van der Waals surface area contributed by atoms with E-state index in [1.54, 1.807) is 12.1 Å². The molecule has 0 aliphatic carbocycles. The fraction of sp³-hybridized carbons (Fsp3) is 0.100. The highest BCUT2D eigenvalue weighted by molar-refractivity contribution is 6.22. The van der Waals surface area contributed by atoms with E-state index in [2.05, 4.69) is 20.3 Å². The van der Waals surface area contributed by atoms with Crippen molar-refractivity contribution in [3.63, 3.8) is 0 Å². The number of para-hydroxylation sites is 1. The SMILES string of the molecule is Nc1nc(COC(=O)CN2C(=O)c3ccccc3C2=O)nc(Nc2ccccc2)n1. The highest BCUT2D eigenvalue weighted by atomic mass is 16.5. The molecular formula is C20H16N6O4. The first-order valence-electron chi connectivity index (χ1n) is 8.94. The Morgan fingerprint density at radius 1 is 0.933 bits per heavy atom. The fourth-order valence-corrected chi connectivity index (χ4v) is 2.91. The molecule has 0 saturated heterocycles. The van der Waals surface area contributed by atoms with Gasteiger partial charge in [-0.3, -0.25) is 19.3 Å². The number of fused-ring (bicyclic) bond motifs is 1. The van der Waals surface area contributed by atoms with Crippen LogP contribution in [-0.2, 0) is 16.1 Å². The minimum absolute atomic E-state index is 0.0465. The van der Waals surface area contributed by atoms with Crippen molar-refractivity contribution >= 4 is 35.4 Å². The molecule has 3 N–H and O–H groups in total. The molecule has 0 spiro atoms. The van der Waals surface area contributed by atoms with Gasteiger partial charge in [0.1, 0.15) is 6.54 Å². The standard InChI is InChI=1S/C20H16N6O4/c21-19-23-15(24-20(25-19)22-12-6-2-1-3-7-12)11-30-16(27)10-26-17(28)13-8-4-5-9-14(13)18(26)29/h1-9H,10-11H2,(H3,21,22,23,24,25). The third-order valence-electron chi connectivity index (χ3n) is 4.26. The molecule has 0 radical (unpaired) electrons. The van der Waals surface area contributed by atoms with Crippen LogP contribution < -0.4 is 11.1 Å². The lowest BCUT2D eigenvalue weighted by atomic mass is 10.1. The van der Waals surface area contributed by atoms with Gasteiger partial charge in [-0.1, -0.05) is 30.3 Å². The van der Waals surface area contributed by atoms with Crippen molar-refractivity contribution in [2.24, 2.45) is 0 Å². The molecule has 4 rings (SSSR count). The van der Waals surface area contributed by atoms with Crippen LogP contribution in [0.15, 0.2) is 54.6 Å². The molecule has 1 aliphatic heterocycles. The summed E-state index contributed by atoms with van der Waals surface area (Å²) in [5, 5.41) is 2.97. The van der Waals surface area contributed by atoms with E-state index in [0.717, 1.165) is 10.6 Å². The number of rotatable bonds is 6. The molecule has 2 heterocycles. The summed E-state index contributed by atoms with van der Waals surface area (Å²) in [4.78, 5) is 49.8. The van der Waals surface area contributed by atoms with Gasteiger partial charge >= 0.3 is 5.97 Å². The Bertz CT molecular complexity index is 1100. The lowest BCUT2D eigenvalue weighted by Gasteiger charge is -2.13. The number of imide groups is 1. The molecule has 2 amide bonds. The summed E-state index contributed by atoms with van der Waals surface area (Å²) >= 11 is 0. The number of nitrogen functional groups attached to an aromatic ring is 1. The van der Waals surface area contributed by atoms with Gasteiger partial charge in [0.15, 0.2) is 12.4 Å². The first kappa shape index (κ1) is 19.0. The van der Waals surface area contributed by atoms with Crippen molar-refractivity contribution in [3.05, 3.63) is 71.5 Å². The minimum atomic E-state index is -0.777. The van der Waals surface area contributed by atoms with Crippen LogP contribution in [0.1, 0.15) is 26.5 Å². The molecule has 30 heavy (non-hydrogen) atoms. The molecule has 0 atom stereocenters. The molecule has 10 heteroatoms. The summed E-state index contributed by atoms with van der Waals surface area (Å²) < 4.78 is 5.12. The van der Waals surface area contributed by atoms with Crippen molar-refractivity contribution < 1.29 is 19.1 Å². The molecule has 3 aromatic rings. The predicted molar refractivity (Wildman–Crippen MR) is 106 cm³/mol. The van der Waals surface area contributed by atoms with Crippen LogP contribution >= 0.6 is 0 Å². The first-order valence-corrected chi connectivity index (χ1v) is 8.94. The van der Waals surface area contributed by atoms with E-state index in [9.17, 15) is 14.4 Å². The number of aromatic nitrogens is 3. The van der Waals surface area contributed by atoms with Gasteiger partial charge in [-0.25, -0.2) is 0 Å². The molecule has 10 nitrogen and oxygen atoms in total. The zero-order chi connectivity index (χ0) is 21.1. The molecule has 1 aliphatic rings. The molecule has 2 aromatic carbocycles. The van der Waals surface area contributed by atoms with Crippen molar-refractivity contribution in [1.29, 1.82) is 0 Å². The molecule has 0 saturated carbocycles. The number of nitrogens with zero attached hydrogens (tertiary/aromatic N) is 4. The average molecular weight is 404 g/mol.